The van der Waals surface area contributed by atoms with Crippen molar-refractivity contribution in [2.24, 2.45) is 4.99 Å². The minimum atomic E-state index is -0.247. The molecule has 0 bridgehead atoms. The minimum Gasteiger partial charge on any atom is -0.252 e. The number of fused-ring (bicyclic) bond motifs is 1. The van der Waals surface area contributed by atoms with Crippen LogP contribution in [0.1, 0.15) is 22.3 Å². The molecule has 1 heterocycles. The standard InChI is InChI=1S/C38H26FN/c1-22-3-7-24(8-4-22)29-15-12-26-13-16-31-33(25-9-5-23(2)6-10-25)21-34(32-18-17-30(29)37(26)38(31)32)36-19-27-11-14-28(39)20-35(27)40-36/h3-18,20-21H,19H2,1-2H3. The van der Waals surface area contributed by atoms with Crippen LogP contribution in [0.4, 0.5) is 10.1 Å². The molecule has 0 saturated heterocycles. The van der Waals surface area contributed by atoms with Gasteiger partial charge in [-0.15, -0.1) is 0 Å². The highest BCUT2D eigenvalue weighted by molar-refractivity contribution is 6.31. The molecule has 0 spiro atoms. The SMILES string of the molecule is Cc1ccc(-c2ccc3ccc4c(-c5ccc(C)cc5)cc(C5=Nc6cc(F)ccc6C5)c5ccc2c3c54)cc1. The first-order valence-corrected chi connectivity index (χ1v) is 13.8. The summed E-state index contributed by atoms with van der Waals surface area (Å²) in [4.78, 5) is 4.96. The summed E-state index contributed by atoms with van der Waals surface area (Å²) in [7, 11) is 0. The lowest BCUT2D eigenvalue weighted by Gasteiger charge is -2.19. The van der Waals surface area contributed by atoms with Crippen LogP contribution in [-0.2, 0) is 6.42 Å². The van der Waals surface area contributed by atoms with E-state index in [2.05, 4.69) is 105 Å². The van der Waals surface area contributed by atoms with Crippen molar-refractivity contribution in [2.75, 3.05) is 0 Å². The van der Waals surface area contributed by atoms with E-state index >= 15 is 0 Å². The molecule has 0 atom stereocenters. The first-order valence-electron chi connectivity index (χ1n) is 13.8. The maximum atomic E-state index is 14.1. The normalized spacial score (nSPS) is 12.9. The highest BCUT2D eigenvalue weighted by Gasteiger charge is 2.23. The van der Waals surface area contributed by atoms with Crippen molar-refractivity contribution in [3.63, 3.8) is 0 Å². The third-order valence-corrected chi connectivity index (χ3v) is 8.48. The number of aliphatic imine (C=N–C) groups is 1. The predicted molar refractivity (Wildman–Crippen MR) is 167 cm³/mol. The molecular weight excluding hydrogens is 489 g/mol. The van der Waals surface area contributed by atoms with E-state index < -0.39 is 0 Å². The van der Waals surface area contributed by atoms with Gasteiger partial charge in [0.1, 0.15) is 5.82 Å². The highest BCUT2D eigenvalue weighted by atomic mass is 19.1. The van der Waals surface area contributed by atoms with Crippen LogP contribution in [0.5, 0.6) is 0 Å². The molecule has 0 radical (unpaired) electrons. The first-order chi connectivity index (χ1) is 19.5. The Bertz CT molecular complexity index is 2130. The van der Waals surface area contributed by atoms with E-state index in [1.807, 2.05) is 6.07 Å². The van der Waals surface area contributed by atoms with E-state index in [9.17, 15) is 4.39 Å². The Morgan fingerprint density at radius 2 is 1.15 bits per heavy atom. The maximum Gasteiger partial charge on any atom is 0.125 e. The fourth-order valence-corrected chi connectivity index (χ4v) is 6.40. The molecular formula is C38H26FN. The summed E-state index contributed by atoms with van der Waals surface area (Å²) in [5.74, 6) is -0.247. The molecule has 0 unspecified atom stereocenters. The monoisotopic (exact) mass is 515 g/mol. The van der Waals surface area contributed by atoms with Crippen LogP contribution in [0.25, 0.3) is 54.6 Å². The molecule has 0 saturated carbocycles. The van der Waals surface area contributed by atoms with Gasteiger partial charge in [0.15, 0.2) is 0 Å². The molecule has 1 aliphatic rings. The van der Waals surface area contributed by atoms with Crippen LogP contribution < -0.4 is 0 Å². The molecule has 1 aliphatic heterocycles. The van der Waals surface area contributed by atoms with Gasteiger partial charge in [0, 0.05) is 12.0 Å². The van der Waals surface area contributed by atoms with Crippen molar-refractivity contribution in [1.82, 2.24) is 0 Å². The zero-order valence-corrected chi connectivity index (χ0v) is 22.4. The second-order valence-electron chi connectivity index (χ2n) is 11.1. The summed E-state index contributed by atoms with van der Waals surface area (Å²) in [6.45, 7) is 4.25. The molecule has 8 rings (SSSR count). The summed E-state index contributed by atoms with van der Waals surface area (Å²) < 4.78 is 14.1. The average molecular weight is 516 g/mol. The Kier molecular flexibility index (Phi) is 4.96. The van der Waals surface area contributed by atoms with Crippen molar-refractivity contribution in [2.45, 2.75) is 20.3 Å². The lowest BCUT2D eigenvalue weighted by atomic mass is 9.84. The van der Waals surface area contributed by atoms with E-state index in [1.54, 1.807) is 6.07 Å². The number of rotatable bonds is 3. The Balaban J connectivity index is 1.47. The van der Waals surface area contributed by atoms with Gasteiger partial charge in [-0.05, 0) is 92.2 Å². The lowest BCUT2D eigenvalue weighted by molar-refractivity contribution is 0.628. The molecule has 40 heavy (non-hydrogen) atoms. The second kappa shape index (κ2) is 8.59. The van der Waals surface area contributed by atoms with Gasteiger partial charge in [0.2, 0.25) is 0 Å². The van der Waals surface area contributed by atoms with Crippen LogP contribution in [0.3, 0.4) is 0 Å². The third-order valence-electron chi connectivity index (χ3n) is 8.48. The van der Waals surface area contributed by atoms with E-state index in [-0.39, 0.29) is 5.82 Å². The summed E-state index contributed by atoms with van der Waals surface area (Å²) in [6, 6.07) is 38.4. The van der Waals surface area contributed by atoms with E-state index in [0.717, 1.165) is 22.5 Å². The first kappa shape index (κ1) is 23.1. The van der Waals surface area contributed by atoms with Gasteiger partial charge >= 0.3 is 0 Å². The summed E-state index contributed by atoms with van der Waals surface area (Å²) >= 11 is 0. The van der Waals surface area contributed by atoms with Crippen LogP contribution in [0.15, 0.2) is 114 Å². The molecule has 1 nitrogen and oxygen atoms in total. The maximum absolute atomic E-state index is 14.1. The number of halogens is 1. The topological polar surface area (TPSA) is 12.4 Å². The Labute approximate surface area is 232 Å². The van der Waals surface area contributed by atoms with Crippen molar-refractivity contribution >= 4 is 43.7 Å². The summed E-state index contributed by atoms with van der Waals surface area (Å²) in [5.41, 5.74) is 11.3. The van der Waals surface area contributed by atoms with Gasteiger partial charge in [-0.25, -0.2) is 4.39 Å². The minimum absolute atomic E-state index is 0.247. The molecule has 0 amide bonds. The molecule has 0 N–H and O–H groups in total. The number of hydrogen-bond donors (Lipinski definition) is 0. The fraction of sp³-hybridized carbons (Fsp3) is 0.0789. The molecule has 0 fully saturated rings. The fourth-order valence-electron chi connectivity index (χ4n) is 6.40. The van der Waals surface area contributed by atoms with Gasteiger partial charge in [-0.1, -0.05) is 102 Å². The molecule has 0 aromatic heterocycles. The third kappa shape index (κ3) is 3.49. The molecule has 190 valence electrons. The lowest BCUT2D eigenvalue weighted by Crippen LogP contribution is -2.03. The van der Waals surface area contributed by atoms with Gasteiger partial charge in [-0.3, -0.25) is 4.99 Å². The molecule has 7 aromatic carbocycles. The van der Waals surface area contributed by atoms with Crippen molar-refractivity contribution in [1.29, 1.82) is 0 Å². The predicted octanol–water partition coefficient (Wildman–Crippen LogP) is 10.4. The van der Waals surface area contributed by atoms with E-state index in [0.29, 0.717) is 6.42 Å². The van der Waals surface area contributed by atoms with Gasteiger partial charge in [0.25, 0.3) is 0 Å². The van der Waals surface area contributed by atoms with E-state index in [1.165, 1.54) is 71.8 Å². The van der Waals surface area contributed by atoms with Gasteiger partial charge in [-0.2, -0.15) is 0 Å². The van der Waals surface area contributed by atoms with Gasteiger partial charge < -0.3 is 0 Å². The Morgan fingerprint density at radius 1 is 0.550 bits per heavy atom. The highest BCUT2D eigenvalue weighted by Crippen LogP contribution is 2.44. The van der Waals surface area contributed by atoms with E-state index in [4.69, 9.17) is 4.99 Å². The quantitative estimate of drug-likeness (QED) is 0.208. The van der Waals surface area contributed by atoms with Crippen molar-refractivity contribution in [3.05, 3.63) is 137 Å². The molecule has 0 aliphatic carbocycles. The van der Waals surface area contributed by atoms with Crippen molar-refractivity contribution in [3.8, 4) is 22.3 Å². The van der Waals surface area contributed by atoms with Crippen LogP contribution in [0, 0.1) is 19.7 Å². The summed E-state index contributed by atoms with van der Waals surface area (Å²) in [6.07, 6.45) is 0.696. The van der Waals surface area contributed by atoms with Gasteiger partial charge in [0.05, 0.1) is 11.4 Å². The second-order valence-corrected chi connectivity index (χ2v) is 11.1. The average Bonchev–Trinajstić information content (AvgIpc) is 3.39. The zero-order valence-electron chi connectivity index (χ0n) is 22.4. The largest absolute Gasteiger partial charge is 0.252 e. The summed E-state index contributed by atoms with van der Waals surface area (Å²) in [5, 5.41) is 7.47. The smallest absolute Gasteiger partial charge is 0.125 e. The zero-order chi connectivity index (χ0) is 27.0. The number of hydrogen-bond acceptors (Lipinski definition) is 1. The van der Waals surface area contributed by atoms with Crippen LogP contribution in [0.2, 0.25) is 0 Å². The van der Waals surface area contributed by atoms with Crippen LogP contribution >= 0.6 is 0 Å². The Morgan fingerprint density at radius 3 is 1.88 bits per heavy atom. The molecule has 2 heteroatoms. The number of benzene rings is 7. The number of nitrogens with zero attached hydrogens (tertiary/aromatic N) is 1. The number of aryl methyl sites for hydroxylation is 2. The molecule has 7 aromatic rings. The van der Waals surface area contributed by atoms with Crippen LogP contribution in [-0.4, -0.2) is 5.71 Å². The van der Waals surface area contributed by atoms with Crippen molar-refractivity contribution < 1.29 is 4.39 Å². The Hall–Kier alpha value is -4.82.